The van der Waals surface area contributed by atoms with E-state index in [1.807, 2.05) is 0 Å². The third-order valence-electron chi connectivity index (χ3n) is 2.98. The minimum Gasteiger partial charge on any atom is -0.480 e. The molecule has 1 aliphatic rings. The molecule has 0 unspecified atom stereocenters. The van der Waals surface area contributed by atoms with E-state index >= 15 is 0 Å². The van der Waals surface area contributed by atoms with Crippen LogP contribution in [-0.2, 0) is 9.59 Å². The highest BCUT2D eigenvalue weighted by Gasteiger charge is 2.34. The van der Waals surface area contributed by atoms with Crippen molar-refractivity contribution in [3.63, 3.8) is 0 Å². The average Bonchev–Trinajstić information content (AvgIpc) is 2.48. The van der Waals surface area contributed by atoms with Crippen molar-refractivity contribution in [1.82, 2.24) is 15.5 Å². The molecular weight excluding hydrogens is 250 g/mol. The molecule has 1 saturated heterocycles. The van der Waals surface area contributed by atoms with Gasteiger partial charge in [0, 0.05) is 26.1 Å². The lowest BCUT2D eigenvalue weighted by Crippen LogP contribution is -2.53. The minimum atomic E-state index is -1.06. The normalized spacial score (nSPS) is 18.3. The molecule has 0 radical (unpaired) electrons. The van der Waals surface area contributed by atoms with E-state index in [1.165, 1.54) is 4.90 Å². The Kier molecular flexibility index (Phi) is 4.74. The molecule has 0 saturated carbocycles. The van der Waals surface area contributed by atoms with Crippen molar-refractivity contribution in [3.05, 3.63) is 0 Å². The topological polar surface area (TPSA) is 98.7 Å². The SMILES string of the molecule is CC(C)(C)[C@H](NC(=O)N1CCNC(=O)CC1)C(=O)O. The van der Waals surface area contributed by atoms with Crippen LogP contribution >= 0.6 is 0 Å². The van der Waals surface area contributed by atoms with Crippen molar-refractivity contribution in [2.75, 3.05) is 19.6 Å². The summed E-state index contributed by atoms with van der Waals surface area (Å²) in [6, 6.07) is -1.41. The van der Waals surface area contributed by atoms with Crippen molar-refractivity contribution in [2.24, 2.45) is 5.41 Å². The molecule has 0 spiro atoms. The summed E-state index contributed by atoms with van der Waals surface area (Å²) in [5.74, 6) is -1.16. The van der Waals surface area contributed by atoms with Crippen LogP contribution in [0.1, 0.15) is 27.2 Å². The van der Waals surface area contributed by atoms with E-state index in [-0.39, 0.29) is 12.3 Å². The van der Waals surface area contributed by atoms with Gasteiger partial charge in [-0.1, -0.05) is 20.8 Å². The van der Waals surface area contributed by atoms with E-state index in [2.05, 4.69) is 10.6 Å². The Hall–Kier alpha value is -1.79. The van der Waals surface area contributed by atoms with Gasteiger partial charge >= 0.3 is 12.0 Å². The zero-order valence-electron chi connectivity index (χ0n) is 11.5. The number of carboxylic acid groups (broad SMARTS) is 1. The molecule has 1 rings (SSSR count). The second kappa shape index (κ2) is 5.90. The van der Waals surface area contributed by atoms with Crippen LogP contribution in [0, 0.1) is 5.41 Å². The summed E-state index contributed by atoms with van der Waals surface area (Å²) in [5, 5.41) is 14.3. The Morgan fingerprint density at radius 2 is 2.00 bits per heavy atom. The molecule has 0 aromatic rings. The van der Waals surface area contributed by atoms with Crippen LogP contribution in [0.2, 0.25) is 0 Å². The third-order valence-corrected chi connectivity index (χ3v) is 2.98. The molecule has 1 fully saturated rings. The summed E-state index contributed by atoms with van der Waals surface area (Å²) in [5.41, 5.74) is -0.582. The molecule has 108 valence electrons. The molecule has 1 atom stereocenters. The maximum Gasteiger partial charge on any atom is 0.326 e. The molecule has 19 heavy (non-hydrogen) atoms. The Morgan fingerprint density at radius 3 is 2.53 bits per heavy atom. The first-order valence-electron chi connectivity index (χ1n) is 6.27. The number of nitrogens with one attached hydrogen (secondary N) is 2. The number of aliphatic carboxylic acids is 1. The predicted octanol–water partition coefficient (Wildman–Crippen LogP) is 0.0172. The number of hydrogen-bond donors (Lipinski definition) is 3. The number of carbonyl (C=O) groups is 3. The number of rotatable bonds is 2. The van der Waals surface area contributed by atoms with Gasteiger partial charge in [0.15, 0.2) is 0 Å². The largest absolute Gasteiger partial charge is 0.480 e. The maximum absolute atomic E-state index is 12.0. The van der Waals surface area contributed by atoms with Crippen LogP contribution in [0.3, 0.4) is 0 Å². The van der Waals surface area contributed by atoms with Crippen molar-refractivity contribution in [1.29, 1.82) is 0 Å². The minimum absolute atomic E-state index is 0.0964. The van der Waals surface area contributed by atoms with Gasteiger partial charge in [-0.15, -0.1) is 0 Å². The van der Waals surface area contributed by atoms with E-state index in [9.17, 15) is 14.4 Å². The second-order valence-corrected chi connectivity index (χ2v) is 5.67. The van der Waals surface area contributed by atoms with Gasteiger partial charge in [-0.2, -0.15) is 0 Å². The first kappa shape index (κ1) is 15.3. The average molecular weight is 271 g/mol. The number of hydrogen-bond acceptors (Lipinski definition) is 3. The van der Waals surface area contributed by atoms with Gasteiger partial charge in [0.1, 0.15) is 6.04 Å². The summed E-state index contributed by atoms with van der Waals surface area (Å²) in [6.07, 6.45) is 0.237. The zero-order chi connectivity index (χ0) is 14.6. The van der Waals surface area contributed by atoms with Crippen molar-refractivity contribution in [2.45, 2.75) is 33.2 Å². The van der Waals surface area contributed by atoms with Crippen LogP contribution in [0.25, 0.3) is 0 Å². The van der Waals surface area contributed by atoms with Gasteiger partial charge in [-0.25, -0.2) is 9.59 Å². The van der Waals surface area contributed by atoms with Gasteiger partial charge in [-0.05, 0) is 5.41 Å². The fourth-order valence-electron chi connectivity index (χ4n) is 1.83. The fourth-order valence-corrected chi connectivity index (χ4v) is 1.83. The Morgan fingerprint density at radius 1 is 1.37 bits per heavy atom. The van der Waals surface area contributed by atoms with Crippen LogP contribution < -0.4 is 10.6 Å². The number of carbonyl (C=O) groups excluding carboxylic acids is 2. The summed E-state index contributed by atoms with van der Waals surface area (Å²) >= 11 is 0. The first-order valence-corrected chi connectivity index (χ1v) is 6.27. The number of amides is 3. The van der Waals surface area contributed by atoms with E-state index in [0.717, 1.165) is 0 Å². The van der Waals surface area contributed by atoms with E-state index in [0.29, 0.717) is 19.6 Å². The fraction of sp³-hybridized carbons (Fsp3) is 0.750. The number of carboxylic acids is 1. The van der Waals surface area contributed by atoms with Gasteiger partial charge in [0.2, 0.25) is 5.91 Å². The van der Waals surface area contributed by atoms with Crippen molar-refractivity contribution < 1.29 is 19.5 Å². The lowest BCUT2D eigenvalue weighted by atomic mass is 9.87. The Balaban J connectivity index is 2.66. The third kappa shape index (κ3) is 4.42. The standard InChI is InChI=1S/C12H21N3O4/c1-12(2,3)9(10(17)18)14-11(19)15-6-4-8(16)13-5-7-15/h9H,4-7H2,1-3H3,(H,13,16)(H,14,19)(H,17,18)/t9-/m1/s1. The lowest BCUT2D eigenvalue weighted by molar-refractivity contribution is -0.142. The van der Waals surface area contributed by atoms with Gasteiger partial charge in [0.25, 0.3) is 0 Å². The Labute approximate surface area is 112 Å². The molecule has 0 bridgehead atoms. The summed E-state index contributed by atoms with van der Waals surface area (Å²) in [6.45, 7) is 6.32. The Bertz CT molecular complexity index is 376. The predicted molar refractivity (Wildman–Crippen MR) is 68.6 cm³/mol. The molecule has 0 aromatic heterocycles. The molecule has 7 nitrogen and oxygen atoms in total. The van der Waals surface area contributed by atoms with Gasteiger partial charge in [-0.3, -0.25) is 4.79 Å². The molecule has 0 aromatic carbocycles. The molecular formula is C12H21N3O4. The van der Waals surface area contributed by atoms with Crippen molar-refractivity contribution in [3.8, 4) is 0 Å². The number of urea groups is 1. The van der Waals surface area contributed by atoms with Gasteiger partial charge < -0.3 is 20.6 Å². The molecule has 3 N–H and O–H groups in total. The zero-order valence-corrected chi connectivity index (χ0v) is 11.5. The molecule has 0 aliphatic carbocycles. The van der Waals surface area contributed by atoms with Crippen molar-refractivity contribution >= 4 is 17.9 Å². The number of nitrogens with zero attached hydrogens (tertiary/aromatic N) is 1. The highest BCUT2D eigenvalue weighted by atomic mass is 16.4. The molecule has 7 heteroatoms. The second-order valence-electron chi connectivity index (χ2n) is 5.67. The smallest absolute Gasteiger partial charge is 0.326 e. The monoisotopic (exact) mass is 271 g/mol. The summed E-state index contributed by atoms with van der Waals surface area (Å²) in [7, 11) is 0. The van der Waals surface area contributed by atoms with Gasteiger partial charge in [0.05, 0.1) is 0 Å². The maximum atomic E-state index is 12.0. The van der Waals surface area contributed by atoms with E-state index < -0.39 is 23.5 Å². The van der Waals surface area contributed by atoms with Crippen LogP contribution in [-0.4, -0.2) is 53.6 Å². The summed E-state index contributed by atoms with van der Waals surface area (Å²) in [4.78, 5) is 35.9. The van der Waals surface area contributed by atoms with Crippen LogP contribution in [0.15, 0.2) is 0 Å². The molecule has 1 aliphatic heterocycles. The molecule has 3 amide bonds. The quantitative estimate of drug-likeness (QED) is 0.659. The lowest BCUT2D eigenvalue weighted by Gasteiger charge is -2.30. The molecule has 1 heterocycles. The highest BCUT2D eigenvalue weighted by molar-refractivity contribution is 5.84. The van der Waals surface area contributed by atoms with Crippen LogP contribution in [0.5, 0.6) is 0 Å². The van der Waals surface area contributed by atoms with E-state index in [1.54, 1.807) is 20.8 Å². The highest BCUT2D eigenvalue weighted by Crippen LogP contribution is 2.19. The first-order chi connectivity index (χ1) is 8.71. The van der Waals surface area contributed by atoms with Crippen LogP contribution in [0.4, 0.5) is 4.79 Å². The van der Waals surface area contributed by atoms with E-state index in [4.69, 9.17) is 5.11 Å². The summed E-state index contributed by atoms with van der Waals surface area (Å²) < 4.78 is 0.